The minimum Gasteiger partial charge on any atom is -0.490 e. The highest BCUT2D eigenvalue weighted by Crippen LogP contribution is 2.23. The summed E-state index contributed by atoms with van der Waals surface area (Å²) in [7, 11) is 1.78. The highest BCUT2D eigenvalue weighted by molar-refractivity contribution is 5.79. The Labute approximate surface area is 175 Å². The minimum atomic E-state index is 0.183. The Hall–Kier alpha value is -2.50. The van der Waals surface area contributed by atoms with Gasteiger partial charge >= 0.3 is 0 Å². The van der Waals surface area contributed by atoms with Crippen molar-refractivity contribution in [1.29, 1.82) is 0 Å². The van der Waals surface area contributed by atoms with Gasteiger partial charge in [-0.05, 0) is 58.1 Å². The summed E-state index contributed by atoms with van der Waals surface area (Å²) in [5, 5.41) is 10.8. The predicted octanol–water partition coefficient (Wildman–Crippen LogP) is 4.32. The third kappa shape index (κ3) is 7.11. The van der Waals surface area contributed by atoms with E-state index in [2.05, 4.69) is 66.7 Å². The number of nitrogens with one attached hydrogen (secondary N) is 2. The maximum atomic E-state index is 6.24. The summed E-state index contributed by atoms with van der Waals surface area (Å²) < 4.78 is 11.5. The van der Waals surface area contributed by atoms with Crippen LogP contribution in [0, 0.1) is 26.7 Å². The zero-order valence-corrected chi connectivity index (χ0v) is 18.9. The number of nitrogens with zero attached hydrogens (tertiary/aromatic N) is 2. The van der Waals surface area contributed by atoms with E-state index in [4.69, 9.17) is 9.26 Å². The smallest absolute Gasteiger partial charge is 0.191 e. The van der Waals surface area contributed by atoms with Gasteiger partial charge in [0.05, 0.1) is 11.8 Å². The molecule has 0 amide bonds. The summed E-state index contributed by atoms with van der Waals surface area (Å²) in [6.07, 6.45) is 2.06. The molecule has 0 aliphatic carbocycles. The number of guanidine groups is 1. The molecule has 2 aromatic rings. The summed E-state index contributed by atoms with van der Waals surface area (Å²) in [5.41, 5.74) is 4.42. The lowest BCUT2D eigenvalue weighted by Crippen LogP contribution is -2.38. The lowest BCUT2D eigenvalue weighted by Gasteiger charge is -2.20. The molecule has 0 fully saturated rings. The van der Waals surface area contributed by atoms with E-state index in [1.165, 1.54) is 5.56 Å². The molecule has 1 aromatic carbocycles. The van der Waals surface area contributed by atoms with Crippen LogP contribution in [0.15, 0.2) is 27.7 Å². The molecule has 0 saturated heterocycles. The van der Waals surface area contributed by atoms with E-state index < -0.39 is 0 Å². The molecule has 0 aliphatic rings. The molecule has 0 saturated carbocycles. The molecule has 160 valence electrons. The second-order valence-corrected chi connectivity index (χ2v) is 8.07. The molecular formula is C23H36N4O2. The van der Waals surface area contributed by atoms with Crippen molar-refractivity contribution in [3.8, 4) is 5.75 Å². The number of hydrogen-bond acceptors (Lipinski definition) is 4. The fourth-order valence-electron chi connectivity index (χ4n) is 3.41. The van der Waals surface area contributed by atoms with Crippen LogP contribution in [0.25, 0.3) is 0 Å². The van der Waals surface area contributed by atoms with Crippen molar-refractivity contribution in [3.63, 3.8) is 0 Å². The van der Waals surface area contributed by atoms with Crippen LogP contribution in [0.1, 0.15) is 55.3 Å². The highest BCUT2D eigenvalue weighted by atomic mass is 16.5. The van der Waals surface area contributed by atoms with Crippen LogP contribution in [-0.4, -0.2) is 30.8 Å². The number of rotatable bonds is 9. The zero-order valence-electron chi connectivity index (χ0n) is 18.9. The van der Waals surface area contributed by atoms with Crippen LogP contribution < -0.4 is 15.4 Å². The Bertz CT molecular complexity index is 792. The molecule has 0 aliphatic heterocycles. The Kier molecular flexibility index (Phi) is 8.55. The van der Waals surface area contributed by atoms with E-state index >= 15 is 0 Å². The lowest BCUT2D eigenvalue weighted by molar-refractivity contribution is 0.191. The molecule has 0 radical (unpaired) electrons. The largest absolute Gasteiger partial charge is 0.490 e. The van der Waals surface area contributed by atoms with E-state index in [0.717, 1.165) is 53.7 Å². The fourth-order valence-corrected chi connectivity index (χ4v) is 3.41. The third-order valence-electron chi connectivity index (χ3n) is 4.87. The van der Waals surface area contributed by atoms with Gasteiger partial charge in [-0.25, -0.2) is 0 Å². The van der Waals surface area contributed by atoms with Crippen molar-refractivity contribution < 1.29 is 9.26 Å². The summed E-state index contributed by atoms with van der Waals surface area (Å²) in [6, 6.07) is 6.35. The van der Waals surface area contributed by atoms with Gasteiger partial charge in [0.1, 0.15) is 11.5 Å². The molecule has 6 nitrogen and oxygen atoms in total. The maximum absolute atomic E-state index is 6.24. The first-order chi connectivity index (χ1) is 13.8. The van der Waals surface area contributed by atoms with Crippen molar-refractivity contribution in [3.05, 3.63) is 46.3 Å². The number of aryl methyl sites for hydroxylation is 3. The van der Waals surface area contributed by atoms with Crippen LogP contribution in [0.4, 0.5) is 0 Å². The molecule has 2 rings (SSSR count). The Morgan fingerprint density at radius 2 is 1.93 bits per heavy atom. The molecule has 1 atom stereocenters. The first kappa shape index (κ1) is 22.8. The predicted molar refractivity (Wildman–Crippen MR) is 119 cm³/mol. The van der Waals surface area contributed by atoms with Gasteiger partial charge in [0.15, 0.2) is 5.96 Å². The van der Waals surface area contributed by atoms with Gasteiger partial charge in [-0.2, -0.15) is 0 Å². The first-order valence-electron chi connectivity index (χ1n) is 10.4. The van der Waals surface area contributed by atoms with Crippen molar-refractivity contribution in [2.75, 3.05) is 13.6 Å². The van der Waals surface area contributed by atoms with E-state index in [9.17, 15) is 0 Å². The van der Waals surface area contributed by atoms with Crippen molar-refractivity contribution in [2.24, 2.45) is 10.9 Å². The Morgan fingerprint density at radius 1 is 1.17 bits per heavy atom. The molecule has 1 aromatic heterocycles. The van der Waals surface area contributed by atoms with Gasteiger partial charge in [-0.3, -0.25) is 4.99 Å². The van der Waals surface area contributed by atoms with Crippen LogP contribution in [0.2, 0.25) is 0 Å². The highest BCUT2D eigenvalue weighted by Gasteiger charge is 2.12. The average Bonchev–Trinajstić information content (AvgIpc) is 2.96. The van der Waals surface area contributed by atoms with E-state index in [0.29, 0.717) is 12.5 Å². The number of hydrogen-bond donors (Lipinski definition) is 2. The van der Waals surface area contributed by atoms with Gasteiger partial charge in [0.2, 0.25) is 0 Å². The van der Waals surface area contributed by atoms with Crippen molar-refractivity contribution >= 4 is 5.96 Å². The Balaban J connectivity index is 1.93. The van der Waals surface area contributed by atoms with Gasteiger partial charge in [0, 0.05) is 31.3 Å². The van der Waals surface area contributed by atoms with Gasteiger partial charge in [0.25, 0.3) is 0 Å². The van der Waals surface area contributed by atoms with E-state index in [1.807, 2.05) is 13.8 Å². The maximum Gasteiger partial charge on any atom is 0.191 e. The van der Waals surface area contributed by atoms with Crippen LogP contribution in [0.5, 0.6) is 5.75 Å². The molecule has 1 unspecified atom stereocenters. The fraction of sp³-hybridized carbons (Fsp3) is 0.565. The SMILES string of the molecule is CN=C(NCCc1c(C)noc1C)NCc1ccc(C)cc1OC(C)CC(C)C. The van der Waals surface area contributed by atoms with Crippen LogP contribution >= 0.6 is 0 Å². The van der Waals surface area contributed by atoms with E-state index in [1.54, 1.807) is 7.05 Å². The number of aromatic nitrogens is 1. The molecular weight excluding hydrogens is 364 g/mol. The summed E-state index contributed by atoms with van der Waals surface area (Å²) in [4.78, 5) is 4.33. The first-order valence-corrected chi connectivity index (χ1v) is 10.4. The van der Waals surface area contributed by atoms with Crippen LogP contribution in [-0.2, 0) is 13.0 Å². The molecule has 29 heavy (non-hydrogen) atoms. The van der Waals surface area contributed by atoms with Crippen molar-refractivity contribution in [1.82, 2.24) is 15.8 Å². The van der Waals surface area contributed by atoms with Crippen molar-refractivity contribution in [2.45, 2.75) is 67.0 Å². The molecule has 6 heteroatoms. The van der Waals surface area contributed by atoms with Crippen LogP contribution in [0.3, 0.4) is 0 Å². The third-order valence-corrected chi connectivity index (χ3v) is 4.87. The summed E-state index contributed by atoms with van der Waals surface area (Å²) in [6.45, 7) is 14.0. The summed E-state index contributed by atoms with van der Waals surface area (Å²) >= 11 is 0. The monoisotopic (exact) mass is 400 g/mol. The second kappa shape index (κ2) is 10.9. The van der Waals surface area contributed by atoms with Gasteiger partial charge < -0.3 is 19.9 Å². The number of aliphatic imine (C=N–C) groups is 1. The topological polar surface area (TPSA) is 71.7 Å². The molecule has 2 N–H and O–H groups in total. The van der Waals surface area contributed by atoms with Gasteiger partial charge in [-0.1, -0.05) is 31.1 Å². The minimum absolute atomic E-state index is 0.183. The van der Waals surface area contributed by atoms with E-state index in [-0.39, 0.29) is 6.10 Å². The zero-order chi connectivity index (χ0) is 21.4. The molecule has 0 spiro atoms. The lowest BCUT2D eigenvalue weighted by atomic mass is 10.1. The standard InChI is InChI=1S/C23H36N4O2/c1-15(2)12-17(4)28-22-13-16(3)8-9-20(22)14-26-23(24-7)25-11-10-21-18(5)27-29-19(21)6/h8-9,13,15,17H,10-12,14H2,1-7H3,(H2,24,25,26). The molecule has 0 bridgehead atoms. The summed E-state index contributed by atoms with van der Waals surface area (Å²) in [5.74, 6) is 3.19. The quantitative estimate of drug-likeness (QED) is 0.484. The number of ether oxygens (including phenoxy) is 1. The average molecular weight is 401 g/mol. The number of benzene rings is 1. The molecule has 1 heterocycles. The second-order valence-electron chi connectivity index (χ2n) is 8.07. The normalized spacial score (nSPS) is 12.9. The Morgan fingerprint density at radius 3 is 2.55 bits per heavy atom. The van der Waals surface area contributed by atoms with Gasteiger partial charge in [-0.15, -0.1) is 0 Å².